The number of sulfone groups is 1. The molecular weight excluding hydrogens is 553 g/mol. The molecule has 0 aliphatic rings. The molecule has 0 spiro atoms. The Morgan fingerprint density at radius 3 is 2.26 bits per heavy atom. The highest BCUT2D eigenvalue weighted by atomic mass is 35.5. The van der Waals surface area contributed by atoms with Crippen molar-refractivity contribution in [1.82, 2.24) is 9.55 Å². The summed E-state index contributed by atoms with van der Waals surface area (Å²) in [6.07, 6.45) is 2.33. The highest BCUT2D eigenvalue weighted by molar-refractivity contribution is 7.90. The number of rotatable bonds is 7. The van der Waals surface area contributed by atoms with Crippen molar-refractivity contribution in [2.75, 3.05) is 6.26 Å². The zero-order valence-electron chi connectivity index (χ0n) is 21.5. The van der Waals surface area contributed by atoms with Gasteiger partial charge in [0.15, 0.2) is 9.84 Å². The van der Waals surface area contributed by atoms with E-state index in [1.807, 2.05) is 0 Å². The van der Waals surface area contributed by atoms with Crippen molar-refractivity contribution in [1.29, 1.82) is 0 Å². The summed E-state index contributed by atoms with van der Waals surface area (Å²) in [6, 6.07) is 10.4. The van der Waals surface area contributed by atoms with E-state index in [2.05, 4.69) is 4.98 Å². The molecule has 1 unspecified atom stereocenters. The SMILES string of the molecule is CC(c1c(F)cccc1Cl)c1nc(C(C)(C)O)cn1-c1ccc(-c2cc(F)c(CO)c(S(C)(=O)=O)c2)cc1F. The minimum atomic E-state index is -3.89. The fourth-order valence-corrected chi connectivity index (χ4v) is 5.66. The molecule has 6 nitrogen and oxygen atoms in total. The van der Waals surface area contributed by atoms with Gasteiger partial charge in [0.1, 0.15) is 28.9 Å². The lowest BCUT2D eigenvalue weighted by atomic mass is 9.99. The smallest absolute Gasteiger partial charge is 0.176 e. The van der Waals surface area contributed by atoms with Crippen molar-refractivity contribution in [3.8, 4) is 16.8 Å². The summed E-state index contributed by atoms with van der Waals surface area (Å²) in [5.74, 6) is -2.81. The molecule has 0 bridgehead atoms. The number of nitrogens with zero attached hydrogens (tertiary/aromatic N) is 2. The van der Waals surface area contributed by atoms with Crippen LogP contribution in [0, 0.1) is 17.5 Å². The maximum atomic E-state index is 15.6. The lowest BCUT2D eigenvalue weighted by Gasteiger charge is -2.17. The fourth-order valence-electron chi connectivity index (χ4n) is 4.39. The predicted molar refractivity (Wildman–Crippen MR) is 142 cm³/mol. The number of aromatic nitrogens is 2. The van der Waals surface area contributed by atoms with Gasteiger partial charge in [-0.3, -0.25) is 4.57 Å². The van der Waals surface area contributed by atoms with Crippen LogP contribution in [0.25, 0.3) is 16.8 Å². The van der Waals surface area contributed by atoms with Gasteiger partial charge < -0.3 is 10.2 Å². The molecule has 11 heteroatoms. The van der Waals surface area contributed by atoms with Gasteiger partial charge in [-0.2, -0.15) is 0 Å². The minimum Gasteiger partial charge on any atom is -0.392 e. The first-order valence-corrected chi connectivity index (χ1v) is 14.1. The number of benzene rings is 3. The molecule has 0 radical (unpaired) electrons. The van der Waals surface area contributed by atoms with E-state index < -0.39 is 50.3 Å². The van der Waals surface area contributed by atoms with Crippen LogP contribution < -0.4 is 0 Å². The predicted octanol–water partition coefficient (Wildman–Crippen LogP) is 5.89. The number of aliphatic hydroxyl groups is 2. The summed E-state index contributed by atoms with van der Waals surface area (Å²) in [5.41, 5.74) is -1.14. The average molecular weight is 579 g/mol. The summed E-state index contributed by atoms with van der Waals surface area (Å²) in [7, 11) is -3.89. The Labute approximate surface area is 229 Å². The molecule has 1 aromatic heterocycles. The van der Waals surface area contributed by atoms with Gasteiger partial charge in [-0.05, 0) is 61.4 Å². The number of hydrogen-bond donors (Lipinski definition) is 2. The lowest BCUT2D eigenvalue weighted by Crippen LogP contribution is -2.16. The van der Waals surface area contributed by atoms with Crippen molar-refractivity contribution in [2.24, 2.45) is 0 Å². The standard InChI is InChI=1S/C28H26ClF3N2O4S/c1-15(26-19(29)6-5-7-20(26)30)27-33-25(28(2,3)36)13-34(27)23-9-8-16(10-22(23)32)17-11-21(31)18(14-35)24(12-17)39(4,37)38/h5-13,15,35-36H,14H2,1-4H3. The molecule has 3 aromatic carbocycles. The molecule has 1 atom stereocenters. The van der Waals surface area contributed by atoms with Crippen molar-refractivity contribution < 1.29 is 31.8 Å². The molecule has 0 saturated carbocycles. The van der Waals surface area contributed by atoms with Crippen LogP contribution in [0.1, 0.15) is 49.3 Å². The molecule has 0 aliphatic heterocycles. The summed E-state index contributed by atoms with van der Waals surface area (Å²) < 4.78 is 70.8. The first-order chi connectivity index (χ1) is 18.1. The van der Waals surface area contributed by atoms with E-state index in [9.17, 15) is 27.4 Å². The molecule has 4 rings (SSSR count). The quantitative estimate of drug-likeness (QED) is 0.285. The fraction of sp³-hybridized carbons (Fsp3) is 0.250. The van der Waals surface area contributed by atoms with Crippen LogP contribution in [0.2, 0.25) is 5.02 Å². The Balaban J connectivity index is 1.88. The first-order valence-electron chi connectivity index (χ1n) is 11.8. The molecule has 4 aromatic rings. The topological polar surface area (TPSA) is 92.4 Å². The Kier molecular flexibility index (Phi) is 7.70. The van der Waals surface area contributed by atoms with Gasteiger partial charge in [0.25, 0.3) is 0 Å². The summed E-state index contributed by atoms with van der Waals surface area (Å²) in [5, 5.41) is 20.2. The molecular formula is C28H26ClF3N2O4S. The first kappa shape index (κ1) is 28.8. The molecule has 0 fully saturated rings. The Bertz CT molecular complexity index is 1660. The van der Waals surface area contributed by atoms with Gasteiger partial charge in [-0.1, -0.05) is 30.7 Å². The van der Waals surface area contributed by atoms with Crippen LogP contribution in [-0.2, 0) is 22.0 Å². The van der Waals surface area contributed by atoms with Crippen LogP contribution >= 0.6 is 11.6 Å². The molecule has 0 aliphatic carbocycles. The van der Waals surface area contributed by atoms with E-state index in [1.165, 1.54) is 61.0 Å². The maximum absolute atomic E-state index is 15.6. The van der Waals surface area contributed by atoms with Crippen molar-refractivity contribution in [3.05, 3.63) is 99.8 Å². The second-order valence-electron chi connectivity index (χ2n) is 9.80. The minimum absolute atomic E-state index is 0.00634. The van der Waals surface area contributed by atoms with Crippen LogP contribution in [0.15, 0.2) is 59.6 Å². The third-order valence-electron chi connectivity index (χ3n) is 6.43. The van der Waals surface area contributed by atoms with Crippen molar-refractivity contribution >= 4 is 21.4 Å². The second-order valence-corrected chi connectivity index (χ2v) is 12.2. The summed E-state index contributed by atoms with van der Waals surface area (Å²) in [4.78, 5) is 4.09. The van der Waals surface area contributed by atoms with E-state index in [0.29, 0.717) is 0 Å². The zero-order chi connectivity index (χ0) is 28.9. The van der Waals surface area contributed by atoms with Gasteiger partial charge in [0, 0.05) is 34.5 Å². The summed E-state index contributed by atoms with van der Waals surface area (Å²) in [6.45, 7) is 3.85. The molecule has 2 N–H and O–H groups in total. The van der Waals surface area contributed by atoms with E-state index >= 15 is 4.39 Å². The molecule has 1 heterocycles. The normalized spacial score (nSPS) is 13.1. The number of halogens is 4. The highest BCUT2D eigenvalue weighted by Crippen LogP contribution is 2.36. The lowest BCUT2D eigenvalue weighted by molar-refractivity contribution is 0.0741. The number of imidazole rings is 1. The number of aliphatic hydroxyl groups excluding tert-OH is 1. The summed E-state index contributed by atoms with van der Waals surface area (Å²) >= 11 is 6.28. The molecule has 206 valence electrons. The zero-order valence-corrected chi connectivity index (χ0v) is 23.1. The molecule has 0 amide bonds. The van der Waals surface area contributed by atoms with Crippen LogP contribution in [-0.4, -0.2) is 34.4 Å². The monoisotopic (exact) mass is 578 g/mol. The van der Waals surface area contributed by atoms with E-state index in [-0.39, 0.29) is 44.5 Å². The Hall–Kier alpha value is -3.18. The average Bonchev–Trinajstić information content (AvgIpc) is 3.28. The maximum Gasteiger partial charge on any atom is 0.176 e. The van der Waals surface area contributed by atoms with Crippen molar-refractivity contribution in [2.45, 2.75) is 43.8 Å². The van der Waals surface area contributed by atoms with Gasteiger partial charge in [0.05, 0.1) is 22.9 Å². The van der Waals surface area contributed by atoms with Crippen LogP contribution in [0.3, 0.4) is 0 Å². The van der Waals surface area contributed by atoms with Crippen LogP contribution in [0.5, 0.6) is 0 Å². The van der Waals surface area contributed by atoms with E-state index in [4.69, 9.17) is 11.6 Å². The Morgan fingerprint density at radius 2 is 1.69 bits per heavy atom. The third-order valence-corrected chi connectivity index (χ3v) is 7.93. The van der Waals surface area contributed by atoms with Gasteiger partial charge in [-0.15, -0.1) is 0 Å². The van der Waals surface area contributed by atoms with Gasteiger partial charge >= 0.3 is 0 Å². The number of hydrogen-bond acceptors (Lipinski definition) is 5. The van der Waals surface area contributed by atoms with Crippen molar-refractivity contribution in [3.63, 3.8) is 0 Å². The second kappa shape index (κ2) is 10.4. The largest absolute Gasteiger partial charge is 0.392 e. The Morgan fingerprint density at radius 1 is 1.03 bits per heavy atom. The molecule has 0 saturated heterocycles. The van der Waals surface area contributed by atoms with Gasteiger partial charge in [-0.25, -0.2) is 26.6 Å². The highest BCUT2D eigenvalue weighted by Gasteiger charge is 2.28. The van der Waals surface area contributed by atoms with Gasteiger partial charge in [0.2, 0.25) is 0 Å². The molecule has 39 heavy (non-hydrogen) atoms. The van der Waals surface area contributed by atoms with E-state index in [1.54, 1.807) is 6.92 Å². The van der Waals surface area contributed by atoms with E-state index in [0.717, 1.165) is 18.4 Å². The third kappa shape index (κ3) is 5.60. The van der Waals surface area contributed by atoms with Crippen LogP contribution in [0.4, 0.5) is 13.2 Å².